The average Bonchev–Trinajstić information content (AvgIpc) is 3.23. The van der Waals surface area contributed by atoms with Crippen LogP contribution in [0.1, 0.15) is 22.3 Å². The first-order valence-corrected chi connectivity index (χ1v) is 10.4. The van der Waals surface area contributed by atoms with Gasteiger partial charge in [0.15, 0.2) is 11.6 Å². The Hall–Kier alpha value is -3.23. The fraction of sp³-hybridized carbons (Fsp3) is 0.217. The maximum absolute atomic E-state index is 14.0. The number of nitrogen functional groups attached to an aromatic ring is 1. The van der Waals surface area contributed by atoms with Gasteiger partial charge in [-0.25, -0.2) is 13.8 Å². The Bertz CT molecular complexity index is 1170. The smallest absolute Gasteiger partial charge is 0.253 e. The fourth-order valence-electron chi connectivity index (χ4n) is 3.57. The third-order valence-corrected chi connectivity index (χ3v) is 5.76. The third-order valence-electron chi connectivity index (χ3n) is 5.35. The summed E-state index contributed by atoms with van der Waals surface area (Å²) in [5, 5.41) is -0.347. The van der Waals surface area contributed by atoms with Gasteiger partial charge in [-0.3, -0.25) is 4.79 Å². The molecule has 3 aromatic rings. The molecule has 1 aliphatic heterocycles. The maximum atomic E-state index is 14.0. The van der Waals surface area contributed by atoms with Crippen LogP contribution in [0.3, 0.4) is 0 Å². The van der Waals surface area contributed by atoms with E-state index < -0.39 is 11.6 Å². The van der Waals surface area contributed by atoms with Crippen molar-refractivity contribution in [1.29, 1.82) is 0 Å². The third kappa shape index (κ3) is 4.51. The molecule has 4 N–H and O–H groups in total. The predicted octanol–water partition coefficient (Wildman–Crippen LogP) is 4.01. The second-order valence-electron chi connectivity index (χ2n) is 7.60. The minimum Gasteiger partial charge on any atom is -0.485 e. The van der Waals surface area contributed by atoms with Crippen molar-refractivity contribution in [3.63, 3.8) is 0 Å². The lowest BCUT2D eigenvalue weighted by Gasteiger charge is -2.16. The molecule has 1 atom stereocenters. The summed E-state index contributed by atoms with van der Waals surface area (Å²) in [7, 11) is 0. The van der Waals surface area contributed by atoms with Gasteiger partial charge in [-0.15, -0.1) is 0 Å². The second kappa shape index (κ2) is 9.10. The van der Waals surface area contributed by atoms with E-state index in [0.29, 0.717) is 24.2 Å². The number of amides is 1. The largest absolute Gasteiger partial charge is 0.485 e. The molecular formula is C23H21ClF2N4O2. The first-order valence-electron chi connectivity index (χ1n) is 9.99. The van der Waals surface area contributed by atoms with Crippen LogP contribution in [0.25, 0.3) is 11.1 Å². The average molecular weight is 459 g/mol. The van der Waals surface area contributed by atoms with Crippen LogP contribution >= 0.6 is 11.6 Å². The monoisotopic (exact) mass is 458 g/mol. The minimum atomic E-state index is -0.744. The van der Waals surface area contributed by atoms with Gasteiger partial charge in [-0.2, -0.15) is 0 Å². The molecule has 9 heteroatoms. The van der Waals surface area contributed by atoms with E-state index in [2.05, 4.69) is 4.98 Å². The van der Waals surface area contributed by atoms with Crippen molar-refractivity contribution in [1.82, 2.24) is 9.88 Å². The highest BCUT2D eigenvalue weighted by atomic mass is 35.5. The van der Waals surface area contributed by atoms with Gasteiger partial charge in [0.1, 0.15) is 18.2 Å². The van der Waals surface area contributed by atoms with Crippen molar-refractivity contribution in [3.8, 4) is 16.9 Å². The molecule has 4 rings (SSSR count). The Balaban J connectivity index is 1.57. The number of nitrogens with two attached hydrogens (primary N) is 2. The highest BCUT2D eigenvalue weighted by Crippen LogP contribution is 2.30. The number of carbonyl (C=O) groups is 1. The number of aromatic nitrogens is 1. The van der Waals surface area contributed by atoms with Crippen LogP contribution in [-0.2, 0) is 6.61 Å². The zero-order valence-corrected chi connectivity index (χ0v) is 17.8. The van der Waals surface area contributed by atoms with E-state index in [9.17, 15) is 13.6 Å². The summed E-state index contributed by atoms with van der Waals surface area (Å²) in [5.74, 6) is -1.25. The molecule has 32 heavy (non-hydrogen) atoms. The second-order valence-corrected chi connectivity index (χ2v) is 7.98. The number of hydrogen-bond donors (Lipinski definition) is 2. The number of hydrogen-bond acceptors (Lipinski definition) is 5. The molecule has 0 spiro atoms. The van der Waals surface area contributed by atoms with Crippen LogP contribution < -0.4 is 16.2 Å². The summed E-state index contributed by atoms with van der Waals surface area (Å²) in [6, 6.07) is 10.7. The molecule has 0 unspecified atom stereocenters. The Morgan fingerprint density at radius 1 is 1.19 bits per heavy atom. The minimum absolute atomic E-state index is 0.000400. The molecule has 6 nitrogen and oxygen atoms in total. The van der Waals surface area contributed by atoms with Crippen molar-refractivity contribution in [2.75, 3.05) is 18.8 Å². The molecule has 1 aromatic heterocycles. The molecule has 2 heterocycles. The summed E-state index contributed by atoms with van der Waals surface area (Å²) in [5.41, 5.74) is 13.6. The number of rotatable bonds is 5. The van der Waals surface area contributed by atoms with Crippen LogP contribution in [0, 0.1) is 11.6 Å². The molecule has 1 saturated heterocycles. The summed E-state index contributed by atoms with van der Waals surface area (Å²) < 4.78 is 33.3. The van der Waals surface area contributed by atoms with Crippen molar-refractivity contribution in [2.45, 2.75) is 19.1 Å². The van der Waals surface area contributed by atoms with Gasteiger partial charge in [-0.1, -0.05) is 23.7 Å². The lowest BCUT2D eigenvalue weighted by molar-refractivity contribution is 0.0791. The summed E-state index contributed by atoms with van der Waals surface area (Å²) >= 11 is 5.86. The number of likely N-dealkylation sites (tertiary alicyclic amines) is 1. The summed E-state index contributed by atoms with van der Waals surface area (Å²) in [6.07, 6.45) is 2.33. The summed E-state index contributed by atoms with van der Waals surface area (Å²) in [6.45, 7) is 0.833. The fourth-order valence-corrected chi connectivity index (χ4v) is 3.77. The number of anilines is 1. The molecule has 0 aliphatic carbocycles. The Morgan fingerprint density at radius 3 is 2.72 bits per heavy atom. The molecule has 166 valence electrons. The lowest BCUT2D eigenvalue weighted by Crippen LogP contribution is -2.31. The number of carbonyl (C=O) groups excluding carboxylic acids is 1. The van der Waals surface area contributed by atoms with Crippen molar-refractivity contribution < 1.29 is 18.3 Å². The van der Waals surface area contributed by atoms with Gasteiger partial charge in [0.05, 0.1) is 5.02 Å². The van der Waals surface area contributed by atoms with Crippen LogP contribution in [0.15, 0.2) is 48.7 Å². The van der Waals surface area contributed by atoms with Crippen LogP contribution in [-0.4, -0.2) is 34.9 Å². The summed E-state index contributed by atoms with van der Waals surface area (Å²) in [4.78, 5) is 18.6. The maximum Gasteiger partial charge on any atom is 0.253 e. The standard InChI is InChI=1S/C23H21ClF2N4O2/c24-21-17(18(25)4-5-19(21)26)12-32-20-9-15(10-29-22(20)28)13-2-1-3-14(8-13)23(31)30-7-6-16(27)11-30/h1-5,8-10,16H,6-7,11-12,27H2,(H2,28,29)/t16-/m1/s1. The van der Waals surface area contributed by atoms with Crippen LogP contribution in [0.4, 0.5) is 14.6 Å². The van der Waals surface area contributed by atoms with Gasteiger partial charge in [0.25, 0.3) is 5.91 Å². The van der Waals surface area contributed by atoms with Crippen molar-refractivity contribution in [3.05, 3.63) is 76.4 Å². The lowest BCUT2D eigenvalue weighted by atomic mass is 10.0. The molecular weight excluding hydrogens is 438 g/mol. The van der Waals surface area contributed by atoms with Gasteiger partial charge in [-0.05, 0) is 42.3 Å². The number of pyridine rings is 1. The molecule has 0 radical (unpaired) electrons. The molecule has 1 amide bonds. The SMILES string of the molecule is Nc1ncc(-c2cccc(C(=O)N3CC[C@@H](N)C3)c2)cc1OCc1c(F)ccc(F)c1Cl. The number of nitrogens with zero attached hydrogens (tertiary/aromatic N) is 2. The normalized spacial score (nSPS) is 15.8. The number of ether oxygens (including phenoxy) is 1. The number of halogens is 3. The quantitative estimate of drug-likeness (QED) is 0.563. The molecule has 1 fully saturated rings. The highest BCUT2D eigenvalue weighted by Gasteiger charge is 2.24. The molecule has 1 aliphatic rings. The molecule has 0 bridgehead atoms. The highest BCUT2D eigenvalue weighted by molar-refractivity contribution is 6.31. The van der Waals surface area contributed by atoms with Gasteiger partial charge >= 0.3 is 0 Å². The topological polar surface area (TPSA) is 94.5 Å². The van der Waals surface area contributed by atoms with E-state index in [1.54, 1.807) is 35.4 Å². The number of benzene rings is 2. The van der Waals surface area contributed by atoms with E-state index >= 15 is 0 Å². The van der Waals surface area contributed by atoms with Crippen molar-refractivity contribution in [2.24, 2.45) is 5.73 Å². The van der Waals surface area contributed by atoms with Gasteiger partial charge < -0.3 is 21.1 Å². The molecule has 2 aromatic carbocycles. The van der Waals surface area contributed by atoms with E-state index in [4.69, 9.17) is 27.8 Å². The van der Waals surface area contributed by atoms with E-state index in [-0.39, 0.29) is 40.7 Å². The zero-order chi connectivity index (χ0) is 22.8. The van der Waals surface area contributed by atoms with Gasteiger partial charge in [0, 0.05) is 42.0 Å². The Kier molecular flexibility index (Phi) is 6.25. The first-order chi connectivity index (χ1) is 15.3. The Labute approximate surface area is 188 Å². The predicted molar refractivity (Wildman–Crippen MR) is 118 cm³/mol. The van der Waals surface area contributed by atoms with Crippen LogP contribution in [0.5, 0.6) is 5.75 Å². The van der Waals surface area contributed by atoms with Crippen molar-refractivity contribution >= 4 is 23.3 Å². The van der Waals surface area contributed by atoms with Gasteiger partial charge in [0.2, 0.25) is 0 Å². The molecule has 0 saturated carbocycles. The zero-order valence-electron chi connectivity index (χ0n) is 17.0. The van der Waals surface area contributed by atoms with E-state index in [0.717, 1.165) is 24.1 Å². The van der Waals surface area contributed by atoms with Crippen LogP contribution in [0.2, 0.25) is 5.02 Å². The van der Waals surface area contributed by atoms with E-state index in [1.807, 2.05) is 6.07 Å². The van der Waals surface area contributed by atoms with E-state index in [1.165, 1.54) is 0 Å². The first kappa shape index (κ1) is 22.0. The Morgan fingerprint density at radius 2 is 1.97 bits per heavy atom.